The molecular formula is C34H42BrN3O6. The normalized spacial score (nSPS) is 27.6. The van der Waals surface area contributed by atoms with Crippen LogP contribution in [-0.4, -0.2) is 89.3 Å². The Morgan fingerprint density at radius 3 is 2.39 bits per heavy atom. The Bertz CT molecular complexity index is 1350. The van der Waals surface area contributed by atoms with Gasteiger partial charge in [-0.3, -0.25) is 14.4 Å². The minimum Gasteiger partial charge on any atom is -0.466 e. The summed E-state index contributed by atoms with van der Waals surface area (Å²) in [6.07, 6.45) is 1.74. The van der Waals surface area contributed by atoms with Gasteiger partial charge in [0.15, 0.2) is 0 Å². The first-order chi connectivity index (χ1) is 21.3. The second-order valence-corrected chi connectivity index (χ2v) is 12.8. The third kappa shape index (κ3) is 5.45. The highest BCUT2D eigenvalue weighted by molar-refractivity contribution is 9.09. The van der Waals surface area contributed by atoms with Crippen LogP contribution in [0.15, 0.2) is 67.3 Å². The molecule has 0 aliphatic carbocycles. The van der Waals surface area contributed by atoms with Gasteiger partial charge in [0.2, 0.25) is 5.91 Å². The number of alkyl halides is 1. The van der Waals surface area contributed by atoms with Crippen molar-refractivity contribution in [1.29, 1.82) is 0 Å². The van der Waals surface area contributed by atoms with Crippen LogP contribution in [0.3, 0.4) is 0 Å². The molecule has 3 unspecified atom stereocenters. The van der Waals surface area contributed by atoms with Crippen LogP contribution in [0.5, 0.6) is 0 Å². The molecule has 10 heteroatoms. The smallest absolute Gasteiger partial charge is 0.312 e. The highest BCUT2D eigenvalue weighted by atomic mass is 79.9. The third-order valence-corrected chi connectivity index (χ3v) is 10.2. The molecule has 3 aliphatic rings. The summed E-state index contributed by atoms with van der Waals surface area (Å²) in [5.74, 6) is -2.98. The maximum absolute atomic E-state index is 14.9. The van der Waals surface area contributed by atoms with E-state index in [0.717, 1.165) is 24.3 Å². The van der Waals surface area contributed by atoms with Crippen LogP contribution < -0.4 is 9.80 Å². The van der Waals surface area contributed by atoms with Crippen LogP contribution in [0.4, 0.5) is 11.4 Å². The third-order valence-electron chi connectivity index (χ3n) is 9.31. The lowest BCUT2D eigenvalue weighted by atomic mass is 9.70. The number of carbonyl (C=O) groups is 3. The Morgan fingerprint density at radius 1 is 1.14 bits per heavy atom. The van der Waals surface area contributed by atoms with Gasteiger partial charge in [0, 0.05) is 35.8 Å². The zero-order valence-electron chi connectivity index (χ0n) is 25.6. The van der Waals surface area contributed by atoms with Crippen molar-refractivity contribution < 1.29 is 29.0 Å². The second-order valence-electron chi connectivity index (χ2n) is 11.6. The van der Waals surface area contributed by atoms with Crippen LogP contribution in [0.25, 0.3) is 0 Å². The highest BCUT2D eigenvalue weighted by Crippen LogP contribution is 2.61. The zero-order valence-corrected chi connectivity index (χ0v) is 27.2. The van der Waals surface area contributed by atoms with Gasteiger partial charge < -0.3 is 29.3 Å². The molecule has 2 bridgehead atoms. The van der Waals surface area contributed by atoms with E-state index in [1.54, 1.807) is 17.9 Å². The number of anilines is 2. The van der Waals surface area contributed by atoms with Crippen LogP contribution in [0.2, 0.25) is 0 Å². The summed E-state index contributed by atoms with van der Waals surface area (Å²) in [4.78, 5) is 47.8. The van der Waals surface area contributed by atoms with Gasteiger partial charge in [-0.2, -0.15) is 0 Å². The van der Waals surface area contributed by atoms with Crippen LogP contribution >= 0.6 is 15.9 Å². The number of hydrogen-bond acceptors (Lipinski definition) is 7. The molecule has 0 saturated carbocycles. The Hall–Kier alpha value is -3.21. The van der Waals surface area contributed by atoms with E-state index in [1.807, 2.05) is 54.6 Å². The highest BCUT2D eigenvalue weighted by Gasteiger charge is 2.77. The molecule has 0 radical (unpaired) electrons. The standard InChI is InChI=1S/C34H42BrN3O6/c1-5-18-37(24-16-14-23(15-17-24)36(6-2)7-3)32(41)30-34-20-26(35)29(44-34)27(33(42)43-8-4)28(34)31(40)38(30)25(21-39)19-22-12-10-9-11-13-22/h5,9-17,25-30,39H,1,6-8,18-21H2,2-4H3/t25-,26?,27-,28+,29-,30?,34?/m1/s1. The molecular weight excluding hydrogens is 626 g/mol. The molecule has 44 heavy (non-hydrogen) atoms. The van der Waals surface area contributed by atoms with E-state index in [0.29, 0.717) is 18.5 Å². The summed E-state index contributed by atoms with van der Waals surface area (Å²) >= 11 is 3.70. The number of aliphatic hydroxyl groups is 1. The molecule has 1 N–H and O–H groups in total. The lowest BCUT2D eigenvalue weighted by molar-refractivity contribution is -0.155. The van der Waals surface area contributed by atoms with Gasteiger partial charge in [0.1, 0.15) is 11.6 Å². The van der Waals surface area contributed by atoms with Crippen molar-refractivity contribution in [1.82, 2.24) is 4.90 Å². The second kappa shape index (κ2) is 13.4. The molecule has 7 atom stereocenters. The summed E-state index contributed by atoms with van der Waals surface area (Å²) < 4.78 is 12.1. The molecule has 2 amide bonds. The largest absolute Gasteiger partial charge is 0.466 e. The zero-order chi connectivity index (χ0) is 31.6. The van der Waals surface area contributed by atoms with Crippen molar-refractivity contribution in [2.24, 2.45) is 11.8 Å². The Morgan fingerprint density at radius 2 is 1.80 bits per heavy atom. The fraction of sp³-hybridized carbons (Fsp3) is 0.500. The number of hydrogen-bond donors (Lipinski definition) is 1. The van der Waals surface area contributed by atoms with Gasteiger partial charge in [-0.05, 0) is 63.4 Å². The molecule has 2 aromatic carbocycles. The summed E-state index contributed by atoms with van der Waals surface area (Å²) in [7, 11) is 0. The van der Waals surface area contributed by atoms with Gasteiger partial charge in [-0.1, -0.05) is 52.3 Å². The average Bonchev–Trinajstić information content (AvgIpc) is 3.63. The van der Waals surface area contributed by atoms with E-state index in [-0.39, 0.29) is 36.4 Å². The summed E-state index contributed by atoms with van der Waals surface area (Å²) in [6.45, 7) is 11.5. The molecule has 9 nitrogen and oxygen atoms in total. The number of halogens is 1. The molecule has 3 heterocycles. The fourth-order valence-electron chi connectivity index (χ4n) is 7.42. The van der Waals surface area contributed by atoms with Crippen molar-refractivity contribution in [2.45, 2.75) is 62.2 Å². The number of aliphatic hydroxyl groups excluding tert-OH is 1. The molecule has 3 aliphatic heterocycles. The van der Waals surface area contributed by atoms with Crippen molar-refractivity contribution in [3.8, 4) is 0 Å². The van der Waals surface area contributed by atoms with E-state index < -0.39 is 41.6 Å². The van der Waals surface area contributed by atoms with Crippen LogP contribution in [0.1, 0.15) is 32.8 Å². The fourth-order valence-corrected chi connectivity index (χ4v) is 8.36. The number of esters is 1. The molecule has 0 aromatic heterocycles. The van der Waals surface area contributed by atoms with Crippen molar-refractivity contribution in [2.75, 3.05) is 42.6 Å². The number of amides is 2. The van der Waals surface area contributed by atoms with Crippen LogP contribution in [0, 0.1) is 11.8 Å². The van der Waals surface area contributed by atoms with Gasteiger partial charge in [-0.15, -0.1) is 6.58 Å². The molecule has 236 valence electrons. The number of rotatable bonds is 13. The molecule has 3 fully saturated rings. The number of carbonyl (C=O) groups excluding carboxylic acids is 3. The quantitative estimate of drug-likeness (QED) is 0.196. The summed E-state index contributed by atoms with van der Waals surface area (Å²) in [5, 5.41) is 10.7. The van der Waals surface area contributed by atoms with E-state index in [1.165, 1.54) is 4.90 Å². The van der Waals surface area contributed by atoms with Gasteiger partial charge in [0.05, 0.1) is 37.2 Å². The predicted molar refractivity (Wildman–Crippen MR) is 173 cm³/mol. The first-order valence-corrected chi connectivity index (χ1v) is 16.4. The van der Waals surface area contributed by atoms with Gasteiger partial charge >= 0.3 is 5.97 Å². The van der Waals surface area contributed by atoms with Crippen molar-refractivity contribution >= 4 is 45.1 Å². The Kier molecular flexibility index (Phi) is 9.82. The van der Waals surface area contributed by atoms with Gasteiger partial charge in [0.25, 0.3) is 5.91 Å². The van der Waals surface area contributed by atoms with Crippen molar-refractivity contribution in [3.63, 3.8) is 0 Å². The first kappa shape index (κ1) is 32.2. The predicted octanol–water partition coefficient (Wildman–Crippen LogP) is 3.97. The van der Waals surface area contributed by atoms with Gasteiger partial charge in [-0.25, -0.2) is 0 Å². The molecule has 1 spiro atoms. The number of likely N-dealkylation sites (tertiary alicyclic amines) is 1. The minimum absolute atomic E-state index is 0.166. The van der Waals surface area contributed by atoms with E-state index in [9.17, 15) is 19.5 Å². The van der Waals surface area contributed by atoms with Crippen LogP contribution in [-0.2, 0) is 30.3 Å². The van der Waals surface area contributed by atoms with E-state index in [2.05, 4.69) is 41.3 Å². The minimum atomic E-state index is -1.27. The Balaban J connectivity index is 1.59. The van der Waals surface area contributed by atoms with E-state index in [4.69, 9.17) is 9.47 Å². The molecule has 3 saturated heterocycles. The summed E-state index contributed by atoms with van der Waals surface area (Å²) in [6, 6.07) is 15.5. The van der Waals surface area contributed by atoms with Crippen molar-refractivity contribution in [3.05, 3.63) is 72.8 Å². The molecule has 5 rings (SSSR count). The number of nitrogens with zero attached hydrogens (tertiary/aromatic N) is 3. The Labute approximate surface area is 267 Å². The topological polar surface area (TPSA) is 99.6 Å². The monoisotopic (exact) mass is 667 g/mol. The number of fused-ring (bicyclic) bond motifs is 1. The maximum Gasteiger partial charge on any atom is 0.312 e. The van der Waals surface area contributed by atoms with E-state index >= 15 is 0 Å². The lowest BCUT2D eigenvalue weighted by Gasteiger charge is -2.39. The summed E-state index contributed by atoms with van der Waals surface area (Å²) in [5.41, 5.74) is 1.35. The molecule has 2 aromatic rings. The average molecular weight is 669 g/mol. The SMILES string of the molecule is C=CCN(C(=O)C1N([C@@H](CO)Cc2ccccc2)C(=O)[C@@H]2[C@@H](C(=O)OCC)[C@@H]3OC12CC3Br)c1ccc(N(CC)CC)cc1. The number of benzene rings is 2. The maximum atomic E-state index is 14.9. The first-order valence-electron chi connectivity index (χ1n) is 15.5. The number of ether oxygens (including phenoxy) is 2. The lowest BCUT2D eigenvalue weighted by Crippen LogP contribution is -2.59.